The lowest BCUT2D eigenvalue weighted by Crippen LogP contribution is -2.27. The number of aromatic nitrogens is 4. The van der Waals surface area contributed by atoms with Crippen LogP contribution < -0.4 is 5.32 Å². The highest BCUT2D eigenvalue weighted by Gasteiger charge is 2.18. The van der Waals surface area contributed by atoms with E-state index in [9.17, 15) is 4.79 Å². The van der Waals surface area contributed by atoms with Crippen LogP contribution in [-0.4, -0.2) is 31.4 Å². The third-order valence-corrected chi connectivity index (χ3v) is 4.53. The van der Waals surface area contributed by atoms with Gasteiger partial charge in [0.05, 0.1) is 5.52 Å². The molecule has 4 rings (SSSR count). The van der Waals surface area contributed by atoms with Gasteiger partial charge in [0.15, 0.2) is 5.69 Å². The van der Waals surface area contributed by atoms with Crippen LogP contribution in [0.2, 0.25) is 0 Å². The topological polar surface area (TPSA) is 64.2 Å². The van der Waals surface area contributed by atoms with Gasteiger partial charge < -0.3 is 9.88 Å². The Morgan fingerprint density at radius 2 is 2.04 bits per heavy atom. The molecule has 0 aliphatic carbocycles. The molecule has 0 fully saturated rings. The molecule has 0 unspecified atom stereocenters. The van der Waals surface area contributed by atoms with Crippen LogP contribution in [0, 0.1) is 5.92 Å². The number of carbonyl (C=O) groups is 1. The van der Waals surface area contributed by atoms with Crippen molar-refractivity contribution in [3.63, 3.8) is 0 Å². The fourth-order valence-electron chi connectivity index (χ4n) is 3.16. The monoisotopic (exact) mass is 373 g/mol. The van der Waals surface area contributed by atoms with Crippen LogP contribution in [0.5, 0.6) is 0 Å². The first-order valence-electron chi connectivity index (χ1n) is 9.42. The molecule has 1 N–H and O–H groups in total. The number of rotatable bonds is 6. The summed E-state index contributed by atoms with van der Waals surface area (Å²) in [6, 6.07) is 11.8. The molecule has 6 heteroatoms. The molecule has 1 amide bonds. The number of hydrogen-bond acceptors (Lipinski definition) is 3. The highest BCUT2D eigenvalue weighted by atomic mass is 16.1. The van der Waals surface area contributed by atoms with Crippen molar-refractivity contribution in [3.8, 4) is 11.4 Å². The molecule has 28 heavy (non-hydrogen) atoms. The minimum Gasteiger partial charge on any atom is -0.350 e. The maximum atomic E-state index is 12.7. The number of pyridine rings is 2. The molecule has 142 valence electrons. The van der Waals surface area contributed by atoms with Gasteiger partial charge in [0.1, 0.15) is 5.82 Å². The average molecular weight is 373 g/mol. The van der Waals surface area contributed by atoms with Gasteiger partial charge in [-0.25, -0.2) is 4.98 Å². The Morgan fingerprint density at radius 1 is 1.14 bits per heavy atom. The summed E-state index contributed by atoms with van der Waals surface area (Å²) in [7, 11) is 0. The summed E-state index contributed by atoms with van der Waals surface area (Å²) in [5.74, 6) is 1.01. The third kappa shape index (κ3) is 3.67. The molecular formula is C22H23N5O. The van der Waals surface area contributed by atoms with Crippen LogP contribution in [0.1, 0.15) is 29.9 Å². The van der Waals surface area contributed by atoms with E-state index in [2.05, 4.69) is 39.8 Å². The molecule has 0 saturated heterocycles. The molecule has 6 nitrogen and oxygen atoms in total. The molecule has 0 radical (unpaired) electrons. The first-order chi connectivity index (χ1) is 13.6. The Kier molecular flexibility index (Phi) is 4.93. The molecule has 0 aromatic carbocycles. The molecule has 4 heterocycles. The molecule has 0 saturated carbocycles. The fraction of sp³-hybridized carbons (Fsp3) is 0.227. The minimum atomic E-state index is -0.140. The summed E-state index contributed by atoms with van der Waals surface area (Å²) in [6.45, 7) is 5.50. The Balaban J connectivity index is 1.67. The van der Waals surface area contributed by atoms with Gasteiger partial charge in [0.25, 0.3) is 5.91 Å². The van der Waals surface area contributed by atoms with E-state index in [1.807, 2.05) is 59.5 Å². The van der Waals surface area contributed by atoms with Gasteiger partial charge >= 0.3 is 0 Å². The Labute approximate surface area is 163 Å². The summed E-state index contributed by atoms with van der Waals surface area (Å²) >= 11 is 0. The minimum absolute atomic E-state index is 0.140. The van der Waals surface area contributed by atoms with Crippen LogP contribution in [0.3, 0.4) is 0 Å². The van der Waals surface area contributed by atoms with E-state index in [1.54, 1.807) is 6.20 Å². The van der Waals surface area contributed by atoms with E-state index in [0.717, 1.165) is 29.0 Å². The van der Waals surface area contributed by atoms with Crippen LogP contribution >= 0.6 is 0 Å². The van der Waals surface area contributed by atoms with Crippen molar-refractivity contribution in [1.82, 2.24) is 24.3 Å². The molecule has 0 aliphatic rings. The van der Waals surface area contributed by atoms with E-state index in [0.29, 0.717) is 18.2 Å². The Morgan fingerprint density at radius 3 is 2.82 bits per heavy atom. The van der Waals surface area contributed by atoms with Gasteiger partial charge in [-0.3, -0.25) is 14.2 Å². The van der Waals surface area contributed by atoms with Gasteiger partial charge in [-0.05, 0) is 35.7 Å². The first-order valence-corrected chi connectivity index (χ1v) is 9.42. The predicted molar refractivity (Wildman–Crippen MR) is 109 cm³/mol. The number of nitrogens with zero attached hydrogens (tertiary/aromatic N) is 4. The second-order valence-corrected chi connectivity index (χ2v) is 7.28. The second kappa shape index (κ2) is 7.68. The quantitative estimate of drug-likeness (QED) is 0.561. The lowest BCUT2D eigenvalue weighted by Gasteiger charge is -2.05. The number of nitrogens with one attached hydrogen (secondary N) is 1. The van der Waals surface area contributed by atoms with Gasteiger partial charge in [0.2, 0.25) is 0 Å². The highest BCUT2D eigenvalue weighted by molar-refractivity contribution is 6.00. The smallest absolute Gasteiger partial charge is 0.272 e. The summed E-state index contributed by atoms with van der Waals surface area (Å²) in [4.78, 5) is 21.5. The van der Waals surface area contributed by atoms with E-state index in [1.165, 1.54) is 0 Å². The predicted octanol–water partition coefficient (Wildman–Crippen LogP) is 3.63. The van der Waals surface area contributed by atoms with Crippen molar-refractivity contribution in [1.29, 1.82) is 0 Å². The summed E-state index contributed by atoms with van der Waals surface area (Å²) in [5, 5.41) is 2.97. The fourth-order valence-corrected chi connectivity index (χ4v) is 3.16. The van der Waals surface area contributed by atoms with Crippen molar-refractivity contribution in [2.45, 2.75) is 20.4 Å². The zero-order chi connectivity index (χ0) is 19.5. The number of hydrogen-bond donors (Lipinski definition) is 1. The molecule has 0 bridgehead atoms. The average Bonchev–Trinajstić information content (AvgIpc) is 3.31. The van der Waals surface area contributed by atoms with E-state index in [-0.39, 0.29) is 5.91 Å². The summed E-state index contributed by atoms with van der Waals surface area (Å²) in [5.41, 5.74) is 3.36. The maximum Gasteiger partial charge on any atom is 0.272 e. The van der Waals surface area contributed by atoms with Crippen LogP contribution in [0.15, 0.2) is 67.4 Å². The molecule has 0 aliphatic heterocycles. The van der Waals surface area contributed by atoms with E-state index >= 15 is 0 Å². The Bertz CT molecular complexity index is 1090. The van der Waals surface area contributed by atoms with Gasteiger partial charge in [-0.1, -0.05) is 26.0 Å². The van der Waals surface area contributed by atoms with Crippen molar-refractivity contribution in [2.75, 3.05) is 6.54 Å². The van der Waals surface area contributed by atoms with E-state index < -0.39 is 0 Å². The molecule has 0 spiro atoms. The van der Waals surface area contributed by atoms with Crippen LogP contribution in [0.4, 0.5) is 0 Å². The lowest BCUT2D eigenvalue weighted by atomic mass is 10.2. The molecule has 4 aromatic heterocycles. The molecule has 0 atom stereocenters. The number of fused-ring (bicyclic) bond motifs is 1. The summed E-state index contributed by atoms with van der Waals surface area (Å²) < 4.78 is 4.06. The largest absolute Gasteiger partial charge is 0.350 e. The van der Waals surface area contributed by atoms with Crippen molar-refractivity contribution < 1.29 is 4.79 Å². The second-order valence-electron chi connectivity index (χ2n) is 7.28. The number of carbonyl (C=O) groups excluding carboxylic acids is 1. The number of amides is 1. The zero-order valence-electron chi connectivity index (χ0n) is 16.0. The molecule has 4 aromatic rings. The van der Waals surface area contributed by atoms with Crippen LogP contribution in [0.25, 0.3) is 16.9 Å². The van der Waals surface area contributed by atoms with Gasteiger partial charge in [-0.2, -0.15) is 0 Å². The van der Waals surface area contributed by atoms with Crippen molar-refractivity contribution in [3.05, 3.63) is 78.6 Å². The van der Waals surface area contributed by atoms with E-state index in [4.69, 9.17) is 0 Å². The third-order valence-electron chi connectivity index (χ3n) is 4.53. The van der Waals surface area contributed by atoms with Gasteiger partial charge in [0, 0.05) is 49.6 Å². The first kappa shape index (κ1) is 18.0. The van der Waals surface area contributed by atoms with Crippen molar-refractivity contribution in [2.24, 2.45) is 5.92 Å². The highest BCUT2D eigenvalue weighted by Crippen LogP contribution is 2.23. The number of imidazole rings is 1. The molecular weight excluding hydrogens is 350 g/mol. The lowest BCUT2D eigenvalue weighted by molar-refractivity contribution is 0.0946. The Hall–Kier alpha value is -3.41. The summed E-state index contributed by atoms with van der Waals surface area (Å²) in [6.07, 6.45) is 9.64. The van der Waals surface area contributed by atoms with Crippen molar-refractivity contribution >= 4 is 11.4 Å². The normalized spacial score (nSPS) is 11.2. The SMILES string of the molecule is CC(C)CNC(=O)c1nc(-c2ccn(Cc3cccnc3)c2)n2ccccc12. The van der Waals surface area contributed by atoms with Crippen LogP contribution in [-0.2, 0) is 6.54 Å². The maximum absolute atomic E-state index is 12.7. The zero-order valence-corrected chi connectivity index (χ0v) is 16.0. The van der Waals surface area contributed by atoms with Gasteiger partial charge in [-0.15, -0.1) is 0 Å². The standard InChI is InChI=1S/C22H23N5O/c1-16(2)12-24-22(28)20-19-7-3-4-10-27(19)21(25-20)18-8-11-26(15-18)14-17-6-5-9-23-13-17/h3-11,13,15-16H,12,14H2,1-2H3,(H,24,28).